The molecule has 0 aliphatic rings. The highest BCUT2D eigenvalue weighted by atomic mass is 32.2. The van der Waals surface area contributed by atoms with E-state index in [9.17, 15) is 4.79 Å². The maximum Gasteiger partial charge on any atom is 0.237 e. The van der Waals surface area contributed by atoms with Crippen molar-refractivity contribution in [2.45, 2.75) is 19.0 Å². The van der Waals surface area contributed by atoms with Crippen molar-refractivity contribution in [3.63, 3.8) is 0 Å². The Balaban J connectivity index is 1.73. The fourth-order valence-corrected chi connectivity index (χ4v) is 3.28. The third kappa shape index (κ3) is 3.88. The summed E-state index contributed by atoms with van der Waals surface area (Å²) in [6.45, 7) is 4.07. The molecule has 1 amide bonds. The third-order valence-corrected chi connectivity index (χ3v) is 4.77. The first-order chi connectivity index (χ1) is 12.1. The standard InChI is InChI=1S/C18H19N5OS/c1-13-9-10-16(14(2)11-13)23-18(19-20-21-23)25-12-17(24)22(3)15-7-5-4-6-8-15/h4-11H,12H2,1-3H3. The van der Waals surface area contributed by atoms with Gasteiger partial charge in [-0.1, -0.05) is 47.7 Å². The van der Waals surface area contributed by atoms with E-state index in [1.54, 1.807) is 16.6 Å². The largest absolute Gasteiger partial charge is 0.315 e. The number of aryl methyl sites for hydroxylation is 2. The van der Waals surface area contributed by atoms with Crippen LogP contribution in [0.25, 0.3) is 5.69 Å². The van der Waals surface area contributed by atoms with Gasteiger partial charge in [0.25, 0.3) is 0 Å². The molecule has 25 heavy (non-hydrogen) atoms. The van der Waals surface area contributed by atoms with E-state index in [0.717, 1.165) is 16.9 Å². The van der Waals surface area contributed by atoms with Gasteiger partial charge < -0.3 is 4.90 Å². The Hall–Kier alpha value is -2.67. The van der Waals surface area contributed by atoms with Gasteiger partial charge in [0, 0.05) is 12.7 Å². The lowest BCUT2D eigenvalue weighted by Crippen LogP contribution is -2.27. The lowest BCUT2D eigenvalue weighted by molar-refractivity contribution is -0.115. The van der Waals surface area contributed by atoms with E-state index in [-0.39, 0.29) is 11.7 Å². The quantitative estimate of drug-likeness (QED) is 0.660. The molecule has 0 atom stereocenters. The third-order valence-electron chi connectivity index (χ3n) is 3.86. The second-order valence-corrected chi connectivity index (χ2v) is 6.68. The number of aromatic nitrogens is 4. The van der Waals surface area contributed by atoms with E-state index in [4.69, 9.17) is 0 Å². The Morgan fingerprint density at radius 1 is 1.16 bits per heavy atom. The van der Waals surface area contributed by atoms with Crippen molar-refractivity contribution in [1.29, 1.82) is 0 Å². The average Bonchev–Trinajstić information content (AvgIpc) is 3.08. The number of amides is 1. The summed E-state index contributed by atoms with van der Waals surface area (Å²) in [5, 5.41) is 12.5. The van der Waals surface area contributed by atoms with E-state index < -0.39 is 0 Å². The Kier molecular flexibility index (Phi) is 5.14. The van der Waals surface area contributed by atoms with Crippen LogP contribution < -0.4 is 4.90 Å². The van der Waals surface area contributed by atoms with Crippen LogP contribution in [0.1, 0.15) is 11.1 Å². The lowest BCUT2D eigenvalue weighted by atomic mass is 10.1. The highest BCUT2D eigenvalue weighted by Gasteiger charge is 2.16. The van der Waals surface area contributed by atoms with Gasteiger partial charge in [0.2, 0.25) is 11.1 Å². The number of tetrazole rings is 1. The van der Waals surface area contributed by atoms with Gasteiger partial charge in [0.05, 0.1) is 11.4 Å². The van der Waals surface area contributed by atoms with Crippen LogP contribution >= 0.6 is 11.8 Å². The summed E-state index contributed by atoms with van der Waals surface area (Å²) in [7, 11) is 1.77. The first-order valence-corrected chi connectivity index (χ1v) is 8.85. The molecule has 0 spiro atoms. The van der Waals surface area contributed by atoms with Crippen LogP contribution in [0.15, 0.2) is 53.7 Å². The SMILES string of the molecule is Cc1ccc(-n2nnnc2SCC(=O)N(C)c2ccccc2)c(C)c1. The average molecular weight is 353 g/mol. The zero-order valence-electron chi connectivity index (χ0n) is 14.4. The molecule has 128 valence electrons. The van der Waals surface area contributed by atoms with Crippen LogP contribution in [0.3, 0.4) is 0 Å². The number of carbonyl (C=O) groups is 1. The summed E-state index contributed by atoms with van der Waals surface area (Å²) >= 11 is 1.33. The lowest BCUT2D eigenvalue weighted by Gasteiger charge is -2.16. The van der Waals surface area contributed by atoms with Gasteiger partial charge in [-0.2, -0.15) is 4.68 Å². The Morgan fingerprint density at radius 3 is 2.64 bits per heavy atom. The predicted octanol–water partition coefficient (Wildman–Crippen LogP) is 3.03. The number of thioether (sulfide) groups is 1. The highest BCUT2D eigenvalue weighted by Crippen LogP contribution is 2.22. The summed E-state index contributed by atoms with van der Waals surface area (Å²) in [6, 6.07) is 15.6. The van der Waals surface area contributed by atoms with E-state index in [0.29, 0.717) is 5.16 Å². The summed E-state index contributed by atoms with van der Waals surface area (Å²) in [5.74, 6) is 0.253. The topological polar surface area (TPSA) is 63.9 Å². The molecule has 0 saturated carbocycles. The summed E-state index contributed by atoms with van der Waals surface area (Å²) in [6.07, 6.45) is 0. The number of rotatable bonds is 5. The highest BCUT2D eigenvalue weighted by molar-refractivity contribution is 7.99. The van der Waals surface area contributed by atoms with Gasteiger partial charge in [-0.25, -0.2) is 0 Å². The molecule has 0 aliphatic carbocycles. The van der Waals surface area contributed by atoms with E-state index in [2.05, 4.69) is 21.6 Å². The Morgan fingerprint density at radius 2 is 1.92 bits per heavy atom. The van der Waals surface area contributed by atoms with E-state index in [1.807, 2.05) is 56.3 Å². The van der Waals surface area contributed by atoms with Crippen LogP contribution in [0.4, 0.5) is 5.69 Å². The smallest absolute Gasteiger partial charge is 0.237 e. The molecule has 3 aromatic rings. The maximum absolute atomic E-state index is 12.4. The van der Waals surface area contributed by atoms with Crippen LogP contribution in [0.5, 0.6) is 0 Å². The minimum Gasteiger partial charge on any atom is -0.315 e. The van der Waals surface area contributed by atoms with Gasteiger partial charge >= 0.3 is 0 Å². The molecule has 0 saturated heterocycles. The van der Waals surface area contributed by atoms with Gasteiger partial charge in [0.1, 0.15) is 0 Å². The van der Waals surface area contributed by atoms with Crippen LogP contribution in [0.2, 0.25) is 0 Å². The molecule has 6 nitrogen and oxygen atoms in total. The maximum atomic E-state index is 12.4. The number of hydrogen-bond acceptors (Lipinski definition) is 5. The molecule has 7 heteroatoms. The van der Waals surface area contributed by atoms with Gasteiger partial charge in [-0.3, -0.25) is 4.79 Å². The molecule has 3 rings (SSSR count). The molecule has 0 aliphatic heterocycles. The molecule has 1 heterocycles. The van der Waals surface area contributed by atoms with Crippen molar-refractivity contribution >= 4 is 23.4 Å². The van der Waals surface area contributed by atoms with Crippen LogP contribution in [-0.2, 0) is 4.79 Å². The zero-order valence-corrected chi connectivity index (χ0v) is 15.2. The van der Waals surface area contributed by atoms with Crippen LogP contribution in [-0.4, -0.2) is 38.9 Å². The Labute approximate surface area is 150 Å². The van der Waals surface area contributed by atoms with Gasteiger partial charge in [-0.05, 0) is 48.0 Å². The molecule has 0 bridgehead atoms. The summed E-state index contributed by atoms with van der Waals surface area (Å²) < 4.78 is 1.68. The molecular formula is C18H19N5OS. The second kappa shape index (κ2) is 7.48. The van der Waals surface area contributed by atoms with Crippen molar-refractivity contribution in [3.8, 4) is 5.69 Å². The minimum atomic E-state index is -0.00798. The first-order valence-electron chi connectivity index (χ1n) is 7.86. The molecule has 1 aromatic heterocycles. The predicted molar refractivity (Wildman–Crippen MR) is 99.2 cm³/mol. The normalized spacial score (nSPS) is 10.7. The summed E-state index contributed by atoms with van der Waals surface area (Å²) in [5.41, 5.74) is 4.05. The number of carbonyl (C=O) groups excluding carboxylic acids is 1. The fourth-order valence-electron chi connectivity index (χ4n) is 2.48. The van der Waals surface area contributed by atoms with Crippen molar-refractivity contribution < 1.29 is 4.79 Å². The zero-order chi connectivity index (χ0) is 17.8. The molecule has 0 radical (unpaired) electrons. The molecular weight excluding hydrogens is 334 g/mol. The first kappa shape index (κ1) is 17.2. The van der Waals surface area contributed by atoms with Gasteiger partial charge in [-0.15, -0.1) is 5.10 Å². The molecule has 0 unspecified atom stereocenters. The fraction of sp³-hybridized carbons (Fsp3) is 0.222. The Bertz CT molecular complexity index is 878. The van der Waals surface area contributed by atoms with E-state index in [1.165, 1.54) is 17.3 Å². The van der Waals surface area contributed by atoms with E-state index >= 15 is 0 Å². The molecule has 0 N–H and O–H groups in total. The van der Waals surface area contributed by atoms with Crippen molar-refractivity contribution in [2.75, 3.05) is 17.7 Å². The monoisotopic (exact) mass is 353 g/mol. The van der Waals surface area contributed by atoms with Crippen molar-refractivity contribution in [2.24, 2.45) is 0 Å². The number of para-hydroxylation sites is 1. The number of anilines is 1. The second-order valence-electron chi connectivity index (χ2n) is 5.74. The summed E-state index contributed by atoms with van der Waals surface area (Å²) in [4.78, 5) is 14.1. The molecule has 2 aromatic carbocycles. The number of nitrogens with zero attached hydrogens (tertiary/aromatic N) is 5. The van der Waals surface area contributed by atoms with Crippen molar-refractivity contribution in [1.82, 2.24) is 20.2 Å². The minimum absolute atomic E-state index is 0.00798. The van der Waals surface area contributed by atoms with Crippen LogP contribution in [0, 0.1) is 13.8 Å². The van der Waals surface area contributed by atoms with Crippen molar-refractivity contribution in [3.05, 3.63) is 59.7 Å². The molecule has 0 fully saturated rings. The van der Waals surface area contributed by atoms with Gasteiger partial charge in [0.15, 0.2) is 0 Å². The number of benzene rings is 2. The number of hydrogen-bond donors (Lipinski definition) is 0.